The van der Waals surface area contributed by atoms with Crippen molar-refractivity contribution in [1.82, 2.24) is 15.1 Å². The maximum absolute atomic E-state index is 5.67. The van der Waals surface area contributed by atoms with Gasteiger partial charge in [-0.15, -0.1) is 24.0 Å². The summed E-state index contributed by atoms with van der Waals surface area (Å²) >= 11 is 0. The first kappa shape index (κ1) is 20.2. The third-order valence-electron chi connectivity index (χ3n) is 6.26. The van der Waals surface area contributed by atoms with Crippen LogP contribution in [0.2, 0.25) is 0 Å². The van der Waals surface area contributed by atoms with E-state index in [0.29, 0.717) is 5.41 Å². The zero-order chi connectivity index (χ0) is 16.3. The van der Waals surface area contributed by atoms with Gasteiger partial charge >= 0.3 is 0 Å². The molecular formula is C18H35IN4O. The lowest BCUT2D eigenvalue weighted by Crippen LogP contribution is -2.47. The van der Waals surface area contributed by atoms with E-state index in [4.69, 9.17) is 9.73 Å². The van der Waals surface area contributed by atoms with Crippen molar-refractivity contribution in [3.05, 3.63) is 0 Å². The van der Waals surface area contributed by atoms with E-state index in [2.05, 4.69) is 36.1 Å². The fourth-order valence-corrected chi connectivity index (χ4v) is 4.52. The zero-order valence-corrected chi connectivity index (χ0v) is 18.0. The lowest BCUT2D eigenvalue weighted by atomic mass is 9.87. The summed E-state index contributed by atoms with van der Waals surface area (Å²) in [6, 6.07) is 0. The van der Waals surface area contributed by atoms with Gasteiger partial charge in [-0.3, -0.25) is 4.99 Å². The number of ether oxygens (including phenoxy) is 1. The van der Waals surface area contributed by atoms with Crippen molar-refractivity contribution in [2.45, 2.75) is 51.0 Å². The van der Waals surface area contributed by atoms with Crippen LogP contribution in [0.1, 0.15) is 45.4 Å². The second-order valence-corrected chi connectivity index (χ2v) is 7.97. The Labute approximate surface area is 164 Å². The molecule has 1 saturated carbocycles. The van der Waals surface area contributed by atoms with E-state index in [1.165, 1.54) is 38.5 Å². The Hall–Kier alpha value is -0.0800. The van der Waals surface area contributed by atoms with Crippen molar-refractivity contribution in [1.29, 1.82) is 0 Å². The molecule has 1 atom stereocenters. The van der Waals surface area contributed by atoms with Crippen molar-refractivity contribution in [2.75, 3.05) is 53.5 Å². The molecule has 5 nitrogen and oxygen atoms in total. The zero-order valence-electron chi connectivity index (χ0n) is 15.6. The molecule has 2 aliphatic heterocycles. The minimum Gasteiger partial charge on any atom is -0.381 e. The van der Waals surface area contributed by atoms with Crippen LogP contribution in [-0.2, 0) is 4.74 Å². The Kier molecular flexibility index (Phi) is 7.20. The number of guanidine groups is 1. The highest BCUT2D eigenvalue weighted by atomic mass is 127. The van der Waals surface area contributed by atoms with Gasteiger partial charge in [-0.05, 0) is 46.7 Å². The van der Waals surface area contributed by atoms with Crippen molar-refractivity contribution >= 4 is 29.9 Å². The highest BCUT2D eigenvalue weighted by Crippen LogP contribution is 2.38. The maximum Gasteiger partial charge on any atom is 0.194 e. The van der Waals surface area contributed by atoms with Crippen LogP contribution in [0.4, 0.5) is 0 Å². The Bertz CT molecular complexity index is 429. The molecule has 2 heterocycles. The van der Waals surface area contributed by atoms with Gasteiger partial charge in [0.2, 0.25) is 0 Å². The standard InChI is InChI=1S/C18H34N4O.HI/c1-4-19-16(20-13-18(21(2)3)7-5-6-8-18)22-11-9-17(14-22)10-12-23-15-17;/h4-15H2,1-3H3,(H,19,20);1H. The van der Waals surface area contributed by atoms with E-state index in [0.717, 1.165) is 45.4 Å². The molecule has 1 spiro atoms. The number of nitrogens with one attached hydrogen (secondary N) is 1. The number of hydrogen-bond acceptors (Lipinski definition) is 3. The third kappa shape index (κ3) is 4.18. The highest BCUT2D eigenvalue weighted by Gasteiger charge is 2.42. The molecule has 140 valence electrons. The molecule has 0 amide bonds. The molecule has 3 fully saturated rings. The van der Waals surface area contributed by atoms with Gasteiger partial charge in [-0.2, -0.15) is 0 Å². The summed E-state index contributed by atoms with van der Waals surface area (Å²) in [5, 5.41) is 3.53. The van der Waals surface area contributed by atoms with Crippen LogP contribution < -0.4 is 5.32 Å². The quantitative estimate of drug-likeness (QED) is 0.406. The van der Waals surface area contributed by atoms with E-state index >= 15 is 0 Å². The Morgan fingerprint density at radius 2 is 1.96 bits per heavy atom. The average molecular weight is 450 g/mol. The number of nitrogens with zero attached hydrogens (tertiary/aromatic N) is 3. The second kappa shape index (κ2) is 8.54. The van der Waals surface area contributed by atoms with Gasteiger partial charge in [-0.25, -0.2) is 0 Å². The molecule has 1 N–H and O–H groups in total. The number of halogens is 1. The summed E-state index contributed by atoms with van der Waals surface area (Å²) in [6.45, 7) is 8.11. The van der Waals surface area contributed by atoms with Crippen LogP contribution in [-0.4, -0.2) is 74.8 Å². The van der Waals surface area contributed by atoms with Crippen LogP contribution >= 0.6 is 24.0 Å². The summed E-state index contributed by atoms with van der Waals surface area (Å²) in [4.78, 5) is 9.95. The molecule has 1 aliphatic carbocycles. The molecule has 2 saturated heterocycles. The number of aliphatic imine (C=N–C) groups is 1. The van der Waals surface area contributed by atoms with Gasteiger partial charge in [0.05, 0.1) is 13.2 Å². The minimum absolute atomic E-state index is 0. The Morgan fingerprint density at radius 3 is 2.54 bits per heavy atom. The van der Waals surface area contributed by atoms with E-state index in [1.807, 2.05) is 0 Å². The first-order valence-corrected chi connectivity index (χ1v) is 9.38. The van der Waals surface area contributed by atoms with Crippen molar-refractivity contribution in [3.8, 4) is 0 Å². The smallest absolute Gasteiger partial charge is 0.194 e. The number of rotatable bonds is 4. The van der Waals surface area contributed by atoms with Gasteiger partial charge in [0.25, 0.3) is 0 Å². The van der Waals surface area contributed by atoms with Crippen molar-refractivity contribution in [3.63, 3.8) is 0 Å². The molecule has 0 bridgehead atoms. The van der Waals surface area contributed by atoms with Crippen molar-refractivity contribution < 1.29 is 4.74 Å². The molecule has 0 aromatic rings. The molecule has 24 heavy (non-hydrogen) atoms. The monoisotopic (exact) mass is 450 g/mol. The van der Waals surface area contributed by atoms with E-state index in [1.54, 1.807) is 0 Å². The highest BCUT2D eigenvalue weighted by molar-refractivity contribution is 14.0. The molecular weight excluding hydrogens is 415 g/mol. The Morgan fingerprint density at radius 1 is 1.21 bits per heavy atom. The van der Waals surface area contributed by atoms with Gasteiger partial charge in [0, 0.05) is 37.2 Å². The fraction of sp³-hybridized carbons (Fsp3) is 0.944. The first-order valence-electron chi connectivity index (χ1n) is 9.38. The predicted molar refractivity (Wildman–Crippen MR) is 110 cm³/mol. The Balaban J connectivity index is 0.00000208. The molecule has 0 aromatic carbocycles. The van der Waals surface area contributed by atoms with Crippen molar-refractivity contribution in [2.24, 2.45) is 10.4 Å². The topological polar surface area (TPSA) is 40.1 Å². The molecule has 6 heteroatoms. The summed E-state index contributed by atoms with van der Waals surface area (Å²) in [6.07, 6.45) is 7.70. The minimum atomic E-state index is 0. The van der Waals surface area contributed by atoms with Gasteiger partial charge < -0.3 is 19.9 Å². The predicted octanol–water partition coefficient (Wildman–Crippen LogP) is 2.56. The van der Waals surface area contributed by atoms with Crippen LogP contribution in [0, 0.1) is 5.41 Å². The fourth-order valence-electron chi connectivity index (χ4n) is 4.52. The largest absolute Gasteiger partial charge is 0.381 e. The lowest BCUT2D eigenvalue weighted by Gasteiger charge is -2.35. The molecule has 0 aromatic heterocycles. The van der Waals surface area contributed by atoms with Crippen LogP contribution in [0.25, 0.3) is 0 Å². The van der Waals surface area contributed by atoms with Gasteiger partial charge in [-0.1, -0.05) is 12.8 Å². The van der Waals surface area contributed by atoms with E-state index < -0.39 is 0 Å². The maximum atomic E-state index is 5.67. The van der Waals surface area contributed by atoms with E-state index in [9.17, 15) is 0 Å². The first-order chi connectivity index (χ1) is 11.1. The van der Waals surface area contributed by atoms with Crippen LogP contribution in [0.3, 0.4) is 0 Å². The molecule has 1 unspecified atom stereocenters. The third-order valence-corrected chi connectivity index (χ3v) is 6.26. The number of hydrogen-bond donors (Lipinski definition) is 1. The summed E-state index contributed by atoms with van der Waals surface area (Å²) < 4.78 is 5.67. The number of likely N-dealkylation sites (tertiary alicyclic amines) is 1. The van der Waals surface area contributed by atoms with Crippen LogP contribution in [0.15, 0.2) is 4.99 Å². The summed E-state index contributed by atoms with van der Waals surface area (Å²) in [5.41, 5.74) is 0.664. The van der Waals surface area contributed by atoms with Gasteiger partial charge in [0.1, 0.15) is 0 Å². The molecule has 3 aliphatic rings. The second-order valence-electron chi connectivity index (χ2n) is 7.97. The molecule has 3 rings (SSSR count). The normalized spacial score (nSPS) is 29.5. The SMILES string of the molecule is CCNC(=NCC1(N(C)C)CCCC1)N1CCC2(CCOC2)C1.I. The van der Waals surface area contributed by atoms with E-state index in [-0.39, 0.29) is 29.5 Å². The number of likely N-dealkylation sites (N-methyl/N-ethyl adjacent to an activating group) is 1. The summed E-state index contributed by atoms with van der Waals surface area (Å²) in [5.74, 6) is 1.12. The van der Waals surface area contributed by atoms with Gasteiger partial charge in [0.15, 0.2) is 5.96 Å². The summed E-state index contributed by atoms with van der Waals surface area (Å²) in [7, 11) is 4.43. The molecule has 0 radical (unpaired) electrons. The lowest BCUT2D eigenvalue weighted by molar-refractivity contribution is 0.156. The average Bonchev–Trinajstić information content (AvgIpc) is 3.26. The van der Waals surface area contributed by atoms with Crippen LogP contribution in [0.5, 0.6) is 0 Å².